The van der Waals surface area contributed by atoms with E-state index in [2.05, 4.69) is 9.97 Å². The van der Waals surface area contributed by atoms with Gasteiger partial charge >= 0.3 is 0 Å². The van der Waals surface area contributed by atoms with E-state index >= 15 is 0 Å². The van der Waals surface area contributed by atoms with Crippen molar-refractivity contribution >= 4 is 6.08 Å². The summed E-state index contributed by atoms with van der Waals surface area (Å²) in [5, 5.41) is 0. The van der Waals surface area contributed by atoms with Gasteiger partial charge in [0.05, 0.1) is 0 Å². The first-order valence-electron chi connectivity index (χ1n) is 3.90. The molecule has 1 rings (SSSR count). The highest BCUT2D eigenvalue weighted by Gasteiger charge is 1.93. The van der Waals surface area contributed by atoms with Crippen LogP contribution in [0.5, 0.6) is 0 Å². The molecular formula is C9H13N3. The van der Waals surface area contributed by atoms with Crippen LogP contribution >= 0.6 is 0 Å². The molecule has 0 bridgehead atoms. The Morgan fingerprint density at radius 3 is 2.92 bits per heavy atom. The van der Waals surface area contributed by atoms with Crippen molar-refractivity contribution in [3.63, 3.8) is 0 Å². The molecule has 0 saturated heterocycles. The summed E-state index contributed by atoms with van der Waals surface area (Å²) in [5.41, 5.74) is 7.56. The largest absolute Gasteiger partial charge is 0.325 e. The first kappa shape index (κ1) is 8.87. The van der Waals surface area contributed by atoms with Gasteiger partial charge in [-0.15, -0.1) is 0 Å². The van der Waals surface area contributed by atoms with Crippen LogP contribution in [0.4, 0.5) is 0 Å². The predicted molar refractivity (Wildman–Crippen MR) is 49.5 cm³/mol. The van der Waals surface area contributed by atoms with Crippen LogP contribution in [0.3, 0.4) is 0 Å². The highest BCUT2D eigenvalue weighted by atomic mass is 14.8. The van der Waals surface area contributed by atoms with Gasteiger partial charge in [-0.1, -0.05) is 12.2 Å². The second-order valence-corrected chi connectivity index (χ2v) is 2.78. The molecule has 1 aromatic heterocycles. The highest BCUT2D eigenvalue weighted by Crippen LogP contribution is 2.03. The molecule has 1 aromatic rings. The molecule has 12 heavy (non-hydrogen) atoms. The molecule has 0 fully saturated rings. The number of hydrogen-bond acceptors (Lipinski definition) is 3. The van der Waals surface area contributed by atoms with Gasteiger partial charge in [0.1, 0.15) is 6.33 Å². The molecule has 0 aliphatic rings. The quantitative estimate of drug-likeness (QED) is 0.711. The first-order chi connectivity index (χ1) is 5.70. The molecule has 0 aliphatic carbocycles. The number of nitrogens with two attached hydrogens (primary N) is 1. The maximum Gasteiger partial charge on any atom is 0.115 e. The minimum atomic E-state index is 0.0737. The predicted octanol–water partition coefficient (Wildman–Crippen LogP) is 1.15. The molecule has 0 amide bonds. The van der Waals surface area contributed by atoms with Crippen molar-refractivity contribution < 1.29 is 0 Å². The van der Waals surface area contributed by atoms with Crippen molar-refractivity contribution in [3.05, 3.63) is 29.9 Å². The fourth-order valence-corrected chi connectivity index (χ4v) is 0.821. The number of nitrogens with zero attached hydrogens (tertiary/aromatic N) is 2. The van der Waals surface area contributed by atoms with Crippen LogP contribution in [0.1, 0.15) is 18.2 Å². The molecule has 2 N–H and O–H groups in total. The van der Waals surface area contributed by atoms with Crippen molar-refractivity contribution in [3.8, 4) is 0 Å². The standard InChI is InChI=1S/C9H13N3/c1-7(10)3-4-9-5-11-6-12-8(9)2/h3-7H,10H2,1-2H3/b4-3+. The Morgan fingerprint density at radius 2 is 2.33 bits per heavy atom. The van der Waals surface area contributed by atoms with Gasteiger partial charge in [0.15, 0.2) is 0 Å². The van der Waals surface area contributed by atoms with E-state index in [0.717, 1.165) is 11.3 Å². The van der Waals surface area contributed by atoms with Gasteiger partial charge in [-0.25, -0.2) is 9.97 Å². The van der Waals surface area contributed by atoms with Crippen LogP contribution in [0.15, 0.2) is 18.6 Å². The summed E-state index contributed by atoms with van der Waals surface area (Å²) < 4.78 is 0. The fourth-order valence-electron chi connectivity index (χ4n) is 0.821. The lowest BCUT2D eigenvalue weighted by atomic mass is 10.2. The number of rotatable bonds is 2. The second-order valence-electron chi connectivity index (χ2n) is 2.78. The monoisotopic (exact) mass is 163 g/mol. The lowest BCUT2D eigenvalue weighted by molar-refractivity contribution is 0.930. The SMILES string of the molecule is Cc1ncncc1/C=C/C(C)N. The zero-order chi connectivity index (χ0) is 8.97. The van der Waals surface area contributed by atoms with Crippen LogP contribution < -0.4 is 5.73 Å². The normalized spacial score (nSPS) is 13.6. The van der Waals surface area contributed by atoms with E-state index in [1.807, 2.05) is 26.0 Å². The zero-order valence-corrected chi connectivity index (χ0v) is 7.36. The Labute approximate surface area is 72.3 Å². The van der Waals surface area contributed by atoms with Crippen molar-refractivity contribution in [2.24, 2.45) is 5.73 Å². The first-order valence-corrected chi connectivity index (χ1v) is 3.90. The molecule has 0 aromatic carbocycles. The minimum absolute atomic E-state index is 0.0737. The third-order valence-corrected chi connectivity index (χ3v) is 1.53. The average Bonchev–Trinajstić information content (AvgIpc) is 2.03. The van der Waals surface area contributed by atoms with Crippen LogP contribution in [-0.4, -0.2) is 16.0 Å². The van der Waals surface area contributed by atoms with Crippen molar-refractivity contribution in [2.45, 2.75) is 19.9 Å². The lowest BCUT2D eigenvalue weighted by Crippen LogP contribution is -2.10. The van der Waals surface area contributed by atoms with E-state index in [0.29, 0.717) is 0 Å². The second kappa shape index (κ2) is 3.97. The van der Waals surface area contributed by atoms with Gasteiger partial charge in [-0.3, -0.25) is 0 Å². The van der Waals surface area contributed by atoms with Crippen molar-refractivity contribution in [1.29, 1.82) is 0 Å². The molecule has 1 heterocycles. The summed E-state index contributed by atoms with van der Waals surface area (Å²) in [6.45, 7) is 3.87. The maximum absolute atomic E-state index is 5.56. The number of aryl methyl sites for hydroxylation is 1. The van der Waals surface area contributed by atoms with Crippen LogP contribution in [0, 0.1) is 6.92 Å². The molecule has 0 aliphatic heterocycles. The third-order valence-electron chi connectivity index (χ3n) is 1.53. The number of aromatic nitrogens is 2. The van der Waals surface area contributed by atoms with Gasteiger partial charge in [-0.05, 0) is 13.8 Å². The smallest absolute Gasteiger partial charge is 0.115 e. The average molecular weight is 163 g/mol. The Kier molecular flexibility index (Phi) is 2.94. The van der Waals surface area contributed by atoms with Crippen LogP contribution in [0.2, 0.25) is 0 Å². The van der Waals surface area contributed by atoms with Gasteiger partial charge < -0.3 is 5.73 Å². The molecule has 3 nitrogen and oxygen atoms in total. The van der Waals surface area contributed by atoms with Gasteiger partial charge in [0, 0.05) is 23.5 Å². The Balaban J connectivity index is 2.82. The van der Waals surface area contributed by atoms with E-state index < -0.39 is 0 Å². The third kappa shape index (κ3) is 2.43. The fraction of sp³-hybridized carbons (Fsp3) is 0.333. The molecule has 3 heteroatoms. The van der Waals surface area contributed by atoms with E-state index in [-0.39, 0.29) is 6.04 Å². The van der Waals surface area contributed by atoms with E-state index in [4.69, 9.17) is 5.73 Å². The van der Waals surface area contributed by atoms with Crippen LogP contribution in [0.25, 0.3) is 6.08 Å². The number of hydrogen-bond donors (Lipinski definition) is 1. The Hall–Kier alpha value is -1.22. The summed E-state index contributed by atoms with van der Waals surface area (Å²) >= 11 is 0. The molecule has 0 radical (unpaired) electrons. The summed E-state index contributed by atoms with van der Waals surface area (Å²) in [4.78, 5) is 7.97. The topological polar surface area (TPSA) is 51.8 Å². The summed E-state index contributed by atoms with van der Waals surface area (Å²) in [6.07, 6.45) is 7.19. The Bertz CT molecular complexity index is 279. The summed E-state index contributed by atoms with van der Waals surface area (Å²) in [7, 11) is 0. The maximum atomic E-state index is 5.56. The Morgan fingerprint density at radius 1 is 1.58 bits per heavy atom. The van der Waals surface area contributed by atoms with E-state index in [1.54, 1.807) is 12.5 Å². The minimum Gasteiger partial charge on any atom is -0.325 e. The summed E-state index contributed by atoms with van der Waals surface area (Å²) in [6, 6.07) is 0.0737. The van der Waals surface area contributed by atoms with E-state index in [1.165, 1.54) is 0 Å². The van der Waals surface area contributed by atoms with Crippen LogP contribution in [-0.2, 0) is 0 Å². The van der Waals surface area contributed by atoms with Gasteiger partial charge in [0.25, 0.3) is 0 Å². The molecule has 0 spiro atoms. The molecule has 1 atom stereocenters. The van der Waals surface area contributed by atoms with Crippen molar-refractivity contribution in [2.75, 3.05) is 0 Å². The van der Waals surface area contributed by atoms with Gasteiger partial charge in [0.2, 0.25) is 0 Å². The van der Waals surface area contributed by atoms with Crippen molar-refractivity contribution in [1.82, 2.24) is 9.97 Å². The molecule has 0 saturated carbocycles. The van der Waals surface area contributed by atoms with E-state index in [9.17, 15) is 0 Å². The zero-order valence-electron chi connectivity index (χ0n) is 7.36. The molecule has 1 unspecified atom stereocenters. The summed E-state index contributed by atoms with van der Waals surface area (Å²) in [5.74, 6) is 0. The lowest BCUT2D eigenvalue weighted by Gasteiger charge is -1.98. The molecule has 64 valence electrons. The van der Waals surface area contributed by atoms with Gasteiger partial charge in [-0.2, -0.15) is 0 Å². The highest BCUT2D eigenvalue weighted by molar-refractivity contribution is 5.50. The molecular weight excluding hydrogens is 150 g/mol.